The van der Waals surface area contributed by atoms with E-state index < -0.39 is 40.8 Å². The van der Waals surface area contributed by atoms with Gasteiger partial charge in [-0.15, -0.1) is 0 Å². The van der Waals surface area contributed by atoms with Crippen molar-refractivity contribution in [3.8, 4) is 0 Å². The number of anilines is 1. The van der Waals surface area contributed by atoms with E-state index in [1.165, 1.54) is 6.07 Å². The first-order chi connectivity index (χ1) is 11.1. The maximum absolute atomic E-state index is 13.7. The van der Waals surface area contributed by atoms with Crippen LogP contribution in [-0.2, 0) is 6.18 Å². The van der Waals surface area contributed by atoms with Gasteiger partial charge in [-0.25, -0.2) is 8.78 Å². The third-order valence-electron chi connectivity index (χ3n) is 2.88. The highest BCUT2D eigenvalue weighted by Gasteiger charge is 2.35. The molecule has 2 rings (SSSR count). The molecular weight excluding hydrogens is 337 g/mol. The number of carbonyl (C=O) groups excluding carboxylic acids is 2. The highest BCUT2D eigenvalue weighted by molar-refractivity contribution is 6.05. The molecular formula is C14H8F5N3O2. The molecule has 0 saturated carbocycles. The Labute approximate surface area is 131 Å². The highest BCUT2D eigenvalue weighted by atomic mass is 19.4. The van der Waals surface area contributed by atoms with Crippen LogP contribution in [0.15, 0.2) is 30.5 Å². The van der Waals surface area contributed by atoms with Crippen molar-refractivity contribution in [2.24, 2.45) is 5.73 Å². The van der Waals surface area contributed by atoms with E-state index in [1.54, 1.807) is 0 Å². The second kappa shape index (κ2) is 6.22. The van der Waals surface area contributed by atoms with Crippen molar-refractivity contribution < 1.29 is 31.5 Å². The lowest BCUT2D eigenvalue weighted by atomic mass is 10.1. The predicted molar refractivity (Wildman–Crippen MR) is 72.1 cm³/mol. The normalized spacial score (nSPS) is 11.2. The van der Waals surface area contributed by atoms with Gasteiger partial charge >= 0.3 is 6.18 Å². The van der Waals surface area contributed by atoms with Gasteiger partial charge in [-0.1, -0.05) is 0 Å². The number of amides is 2. The van der Waals surface area contributed by atoms with Gasteiger partial charge < -0.3 is 11.1 Å². The molecule has 0 fully saturated rings. The zero-order chi connectivity index (χ0) is 18.1. The first-order valence-corrected chi connectivity index (χ1v) is 6.23. The number of pyridine rings is 1. The largest absolute Gasteiger partial charge is 0.419 e. The molecule has 2 aromatic rings. The van der Waals surface area contributed by atoms with Gasteiger partial charge in [0, 0.05) is 11.9 Å². The minimum absolute atomic E-state index is 0.0245. The smallest absolute Gasteiger partial charge is 0.364 e. The summed E-state index contributed by atoms with van der Waals surface area (Å²) in [4.78, 5) is 26.5. The summed E-state index contributed by atoms with van der Waals surface area (Å²) in [5.41, 5.74) is 2.01. The SMILES string of the molecule is NC(=O)c1cc(NC(=O)c2cc(F)c(C(F)(F)F)cc2F)ccn1. The van der Waals surface area contributed by atoms with Crippen LogP contribution in [0.2, 0.25) is 0 Å². The van der Waals surface area contributed by atoms with Crippen molar-refractivity contribution >= 4 is 17.5 Å². The maximum atomic E-state index is 13.7. The molecule has 1 aromatic carbocycles. The molecule has 24 heavy (non-hydrogen) atoms. The average Bonchev–Trinajstić information content (AvgIpc) is 2.48. The Morgan fingerprint density at radius 3 is 2.33 bits per heavy atom. The second-order valence-electron chi connectivity index (χ2n) is 4.56. The Balaban J connectivity index is 2.32. The fourth-order valence-electron chi connectivity index (χ4n) is 1.78. The molecule has 0 aliphatic heterocycles. The second-order valence-corrected chi connectivity index (χ2v) is 4.56. The quantitative estimate of drug-likeness (QED) is 0.839. The number of primary amides is 1. The van der Waals surface area contributed by atoms with Crippen LogP contribution >= 0.6 is 0 Å². The lowest BCUT2D eigenvalue weighted by Gasteiger charge is -2.11. The van der Waals surface area contributed by atoms with Gasteiger partial charge in [0.2, 0.25) is 0 Å². The van der Waals surface area contributed by atoms with Crippen LogP contribution in [0.3, 0.4) is 0 Å². The minimum atomic E-state index is -5.10. The van der Waals surface area contributed by atoms with Crippen LogP contribution in [0.5, 0.6) is 0 Å². The molecule has 5 nitrogen and oxygen atoms in total. The van der Waals surface area contributed by atoms with E-state index in [2.05, 4.69) is 10.3 Å². The topological polar surface area (TPSA) is 85.1 Å². The minimum Gasteiger partial charge on any atom is -0.364 e. The zero-order valence-corrected chi connectivity index (χ0v) is 11.6. The monoisotopic (exact) mass is 345 g/mol. The molecule has 126 valence electrons. The van der Waals surface area contributed by atoms with E-state index in [1.807, 2.05) is 0 Å². The summed E-state index contributed by atoms with van der Waals surface area (Å²) in [6.45, 7) is 0. The number of hydrogen-bond donors (Lipinski definition) is 2. The molecule has 1 aromatic heterocycles. The first kappa shape index (κ1) is 17.3. The average molecular weight is 345 g/mol. The number of carbonyl (C=O) groups is 2. The fraction of sp³-hybridized carbons (Fsp3) is 0.0714. The summed E-state index contributed by atoms with van der Waals surface area (Å²) >= 11 is 0. The number of nitrogens with zero attached hydrogens (tertiary/aromatic N) is 1. The molecule has 0 atom stereocenters. The van der Waals surface area contributed by atoms with E-state index >= 15 is 0 Å². The van der Waals surface area contributed by atoms with Crippen molar-refractivity contribution in [2.75, 3.05) is 5.32 Å². The van der Waals surface area contributed by atoms with Crippen molar-refractivity contribution in [3.63, 3.8) is 0 Å². The van der Waals surface area contributed by atoms with Crippen molar-refractivity contribution in [3.05, 3.63) is 58.9 Å². The van der Waals surface area contributed by atoms with Gasteiger partial charge in [0.25, 0.3) is 11.8 Å². The molecule has 0 spiro atoms. The van der Waals surface area contributed by atoms with Crippen molar-refractivity contribution in [1.82, 2.24) is 4.98 Å². The number of nitrogens with one attached hydrogen (secondary N) is 1. The van der Waals surface area contributed by atoms with Gasteiger partial charge in [0.15, 0.2) is 0 Å². The standard InChI is InChI=1S/C14H8F5N3O2/c15-9-5-8(14(17,18)19)10(16)4-7(9)13(24)22-6-1-2-21-11(3-6)12(20)23/h1-5H,(H2,20,23)(H,21,22,24). The van der Waals surface area contributed by atoms with Crippen LogP contribution in [0.1, 0.15) is 26.4 Å². The Kier molecular flexibility index (Phi) is 4.49. The number of alkyl halides is 3. The van der Waals surface area contributed by atoms with E-state index in [9.17, 15) is 31.5 Å². The van der Waals surface area contributed by atoms with Crippen molar-refractivity contribution in [2.45, 2.75) is 6.18 Å². The van der Waals surface area contributed by atoms with E-state index in [-0.39, 0.29) is 23.5 Å². The molecule has 0 saturated heterocycles. The van der Waals surface area contributed by atoms with Crippen LogP contribution in [0, 0.1) is 11.6 Å². The molecule has 0 aliphatic carbocycles. The number of halogens is 5. The number of rotatable bonds is 3. The lowest BCUT2D eigenvalue weighted by molar-refractivity contribution is -0.140. The molecule has 0 aliphatic rings. The third kappa shape index (κ3) is 3.65. The van der Waals surface area contributed by atoms with E-state index in [0.717, 1.165) is 12.3 Å². The Morgan fingerprint density at radius 1 is 1.08 bits per heavy atom. The first-order valence-electron chi connectivity index (χ1n) is 6.23. The summed E-state index contributed by atoms with van der Waals surface area (Å²) in [5.74, 6) is -5.44. The van der Waals surface area contributed by atoms with Gasteiger partial charge in [-0.3, -0.25) is 14.6 Å². The van der Waals surface area contributed by atoms with Crippen LogP contribution in [-0.4, -0.2) is 16.8 Å². The molecule has 3 N–H and O–H groups in total. The molecule has 0 unspecified atom stereocenters. The number of benzene rings is 1. The Bertz CT molecular complexity index is 821. The third-order valence-corrected chi connectivity index (χ3v) is 2.88. The summed E-state index contributed by atoms with van der Waals surface area (Å²) in [7, 11) is 0. The fourth-order valence-corrected chi connectivity index (χ4v) is 1.78. The Hall–Kier alpha value is -3.04. The lowest BCUT2D eigenvalue weighted by Crippen LogP contribution is -2.18. The molecule has 0 bridgehead atoms. The number of nitrogens with two attached hydrogens (primary N) is 1. The van der Waals surface area contributed by atoms with Crippen LogP contribution in [0.25, 0.3) is 0 Å². The summed E-state index contributed by atoms with van der Waals surface area (Å²) < 4.78 is 64.6. The van der Waals surface area contributed by atoms with Gasteiger partial charge in [0.1, 0.15) is 17.3 Å². The van der Waals surface area contributed by atoms with Crippen LogP contribution in [0.4, 0.5) is 27.6 Å². The van der Waals surface area contributed by atoms with Gasteiger partial charge in [-0.05, 0) is 24.3 Å². The molecule has 0 radical (unpaired) electrons. The van der Waals surface area contributed by atoms with E-state index in [0.29, 0.717) is 0 Å². The predicted octanol–water partition coefficient (Wildman–Crippen LogP) is 2.73. The molecule has 2 amide bonds. The maximum Gasteiger partial charge on any atom is 0.419 e. The molecule has 10 heteroatoms. The van der Waals surface area contributed by atoms with Crippen molar-refractivity contribution in [1.29, 1.82) is 0 Å². The zero-order valence-electron chi connectivity index (χ0n) is 11.6. The van der Waals surface area contributed by atoms with Gasteiger partial charge in [0.05, 0.1) is 11.1 Å². The summed E-state index contributed by atoms with van der Waals surface area (Å²) in [6.07, 6.45) is -3.97. The number of hydrogen-bond acceptors (Lipinski definition) is 3. The highest BCUT2D eigenvalue weighted by Crippen LogP contribution is 2.32. The Morgan fingerprint density at radius 2 is 1.75 bits per heavy atom. The van der Waals surface area contributed by atoms with E-state index in [4.69, 9.17) is 5.73 Å². The summed E-state index contributed by atoms with van der Waals surface area (Å²) in [6, 6.07) is 2.33. The van der Waals surface area contributed by atoms with Gasteiger partial charge in [-0.2, -0.15) is 13.2 Å². The summed E-state index contributed by atoms with van der Waals surface area (Å²) in [5, 5.41) is 2.11. The van der Waals surface area contributed by atoms with Crippen LogP contribution < -0.4 is 11.1 Å². The number of aromatic nitrogens is 1. The molecule has 1 heterocycles.